The van der Waals surface area contributed by atoms with Crippen molar-refractivity contribution in [2.24, 2.45) is 0 Å². The van der Waals surface area contributed by atoms with Crippen molar-refractivity contribution in [2.45, 2.75) is 24.8 Å². The van der Waals surface area contributed by atoms with E-state index in [4.69, 9.17) is 0 Å². The molecule has 1 amide bonds. The molecule has 4 rings (SSSR count). The third kappa shape index (κ3) is 2.64. The molecule has 1 aromatic heterocycles. The molecule has 2 N–H and O–H groups in total. The number of nitrogens with one attached hydrogen (secondary N) is 2. The molecule has 1 aliphatic heterocycles. The van der Waals surface area contributed by atoms with Gasteiger partial charge in [-0.25, -0.2) is 13.4 Å². The molecule has 1 aliphatic carbocycles. The third-order valence-corrected chi connectivity index (χ3v) is 5.51. The van der Waals surface area contributed by atoms with Crippen LogP contribution >= 0.6 is 0 Å². The SMILES string of the molecule is CS(=O)(=O)N1C[C@H](c2ncn[nH]2)c2cc(C(=O)NC3CC3)ccc21. The molecular weight excluding hydrogens is 330 g/mol. The van der Waals surface area contributed by atoms with Crippen LogP contribution in [0.5, 0.6) is 0 Å². The first kappa shape index (κ1) is 15.1. The predicted octanol–water partition coefficient (Wildman–Crippen LogP) is 0.608. The van der Waals surface area contributed by atoms with Gasteiger partial charge in [-0.3, -0.25) is 14.2 Å². The highest BCUT2D eigenvalue weighted by molar-refractivity contribution is 7.92. The summed E-state index contributed by atoms with van der Waals surface area (Å²) >= 11 is 0. The van der Waals surface area contributed by atoms with E-state index in [1.165, 1.54) is 16.9 Å². The molecule has 0 saturated heterocycles. The molecule has 2 aromatic rings. The Bertz CT molecular complexity index is 890. The summed E-state index contributed by atoms with van der Waals surface area (Å²) in [7, 11) is -3.41. The Hall–Kier alpha value is -2.42. The van der Waals surface area contributed by atoms with Crippen molar-refractivity contribution in [1.82, 2.24) is 20.5 Å². The fourth-order valence-corrected chi connectivity index (χ4v) is 3.93. The Morgan fingerprint density at radius 3 is 2.79 bits per heavy atom. The summed E-state index contributed by atoms with van der Waals surface area (Å²) in [5, 5.41) is 9.59. The minimum atomic E-state index is -3.41. The van der Waals surface area contributed by atoms with Gasteiger partial charge in [0.25, 0.3) is 5.91 Å². The van der Waals surface area contributed by atoms with Crippen LogP contribution in [0.15, 0.2) is 24.5 Å². The number of amides is 1. The van der Waals surface area contributed by atoms with Crippen LogP contribution < -0.4 is 9.62 Å². The minimum Gasteiger partial charge on any atom is -0.349 e. The van der Waals surface area contributed by atoms with Gasteiger partial charge in [0, 0.05) is 18.2 Å². The number of benzene rings is 1. The highest BCUT2D eigenvalue weighted by Crippen LogP contribution is 2.40. The quantitative estimate of drug-likeness (QED) is 0.842. The largest absolute Gasteiger partial charge is 0.349 e. The second-order valence-corrected chi connectivity index (χ2v) is 8.15. The number of sulfonamides is 1. The number of carbonyl (C=O) groups excluding carboxylic acids is 1. The molecule has 0 bridgehead atoms. The third-order valence-electron chi connectivity index (χ3n) is 4.36. The van der Waals surface area contributed by atoms with Crippen molar-refractivity contribution in [3.8, 4) is 0 Å². The van der Waals surface area contributed by atoms with Crippen molar-refractivity contribution in [1.29, 1.82) is 0 Å². The van der Waals surface area contributed by atoms with Gasteiger partial charge in [0.15, 0.2) is 0 Å². The monoisotopic (exact) mass is 347 g/mol. The molecule has 1 aromatic carbocycles. The number of aromatic nitrogens is 3. The van der Waals surface area contributed by atoms with E-state index >= 15 is 0 Å². The van der Waals surface area contributed by atoms with Crippen LogP contribution in [0, 0.1) is 0 Å². The van der Waals surface area contributed by atoms with Gasteiger partial charge in [-0.2, -0.15) is 5.10 Å². The highest BCUT2D eigenvalue weighted by atomic mass is 32.2. The highest BCUT2D eigenvalue weighted by Gasteiger charge is 2.36. The number of hydrogen-bond acceptors (Lipinski definition) is 5. The van der Waals surface area contributed by atoms with Crippen molar-refractivity contribution < 1.29 is 13.2 Å². The summed E-state index contributed by atoms with van der Waals surface area (Å²) in [5.41, 5.74) is 1.88. The molecule has 0 unspecified atom stereocenters. The summed E-state index contributed by atoms with van der Waals surface area (Å²) in [4.78, 5) is 16.4. The number of H-pyrrole nitrogens is 1. The fraction of sp³-hybridized carbons (Fsp3) is 0.400. The lowest BCUT2D eigenvalue weighted by Crippen LogP contribution is -2.29. The maximum Gasteiger partial charge on any atom is 0.251 e. The molecule has 1 saturated carbocycles. The van der Waals surface area contributed by atoms with Crippen LogP contribution in [0.2, 0.25) is 0 Å². The first-order valence-corrected chi connectivity index (χ1v) is 9.56. The Balaban J connectivity index is 1.75. The molecule has 2 aliphatic rings. The summed E-state index contributed by atoms with van der Waals surface area (Å²) in [5.74, 6) is 0.183. The maximum absolute atomic E-state index is 12.3. The standard InChI is InChI=1S/C15H17N5O3S/c1-24(22,23)20-7-12(14-16-8-17-19-14)11-6-9(2-5-13(11)20)15(21)18-10-3-4-10/h2,5-6,8,10,12H,3-4,7H2,1H3,(H,18,21)(H,16,17,19)/t12-/m0/s1. The summed E-state index contributed by atoms with van der Waals surface area (Å²) in [6.45, 7) is 0.247. The van der Waals surface area contributed by atoms with E-state index in [2.05, 4.69) is 20.5 Å². The lowest BCUT2D eigenvalue weighted by atomic mass is 9.98. The minimum absolute atomic E-state index is 0.130. The summed E-state index contributed by atoms with van der Waals surface area (Å²) < 4.78 is 25.5. The molecule has 0 radical (unpaired) electrons. The molecule has 24 heavy (non-hydrogen) atoms. The molecule has 126 valence electrons. The number of hydrogen-bond donors (Lipinski definition) is 2. The molecular formula is C15H17N5O3S. The molecule has 1 atom stereocenters. The van der Waals surface area contributed by atoms with Crippen LogP contribution in [0.3, 0.4) is 0 Å². The van der Waals surface area contributed by atoms with E-state index in [1.807, 2.05) is 0 Å². The van der Waals surface area contributed by atoms with E-state index in [9.17, 15) is 13.2 Å². The smallest absolute Gasteiger partial charge is 0.251 e. The second-order valence-electron chi connectivity index (χ2n) is 6.24. The molecule has 9 heteroatoms. The molecule has 1 fully saturated rings. The topological polar surface area (TPSA) is 108 Å². The van der Waals surface area contributed by atoms with Crippen LogP contribution in [0.25, 0.3) is 0 Å². The van der Waals surface area contributed by atoms with Crippen LogP contribution in [-0.2, 0) is 10.0 Å². The average molecular weight is 347 g/mol. The zero-order valence-electron chi connectivity index (χ0n) is 13.1. The summed E-state index contributed by atoms with van der Waals surface area (Å²) in [6, 6.07) is 5.38. The molecule has 0 spiro atoms. The Labute approximate surface area is 139 Å². The van der Waals surface area contributed by atoms with Gasteiger partial charge < -0.3 is 5.32 Å². The van der Waals surface area contributed by atoms with Crippen molar-refractivity contribution in [3.63, 3.8) is 0 Å². The van der Waals surface area contributed by atoms with Crippen LogP contribution in [0.4, 0.5) is 5.69 Å². The van der Waals surface area contributed by atoms with E-state index in [-0.39, 0.29) is 24.4 Å². The number of aromatic amines is 1. The van der Waals surface area contributed by atoms with E-state index in [0.717, 1.165) is 18.4 Å². The number of anilines is 1. The lowest BCUT2D eigenvalue weighted by molar-refractivity contribution is 0.0951. The Kier molecular flexibility index (Phi) is 3.34. The van der Waals surface area contributed by atoms with Crippen molar-refractivity contribution in [2.75, 3.05) is 17.1 Å². The van der Waals surface area contributed by atoms with Gasteiger partial charge >= 0.3 is 0 Å². The van der Waals surface area contributed by atoms with Gasteiger partial charge in [-0.1, -0.05) is 0 Å². The zero-order valence-corrected chi connectivity index (χ0v) is 13.9. The normalized spacial score (nSPS) is 20.0. The molecule has 2 heterocycles. The number of carbonyl (C=O) groups is 1. The van der Waals surface area contributed by atoms with Gasteiger partial charge in [0.1, 0.15) is 12.2 Å². The van der Waals surface area contributed by atoms with Gasteiger partial charge in [0.2, 0.25) is 10.0 Å². The Morgan fingerprint density at radius 2 is 2.17 bits per heavy atom. The second kappa shape index (κ2) is 5.30. The van der Waals surface area contributed by atoms with E-state index in [0.29, 0.717) is 17.1 Å². The number of nitrogens with zero attached hydrogens (tertiary/aromatic N) is 3. The van der Waals surface area contributed by atoms with Crippen molar-refractivity contribution >= 4 is 21.6 Å². The van der Waals surface area contributed by atoms with E-state index in [1.54, 1.807) is 18.2 Å². The average Bonchev–Trinajstić information content (AvgIpc) is 3.04. The predicted molar refractivity (Wildman–Crippen MR) is 87.3 cm³/mol. The summed E-state index contributed by atoms with van der Waals surface area (Å²) in [6.07, 6.45) is 4.59. The number of fused-ring (bicyclic) bond motifs is 1. The van der Waals surface area contributed by atoms with Crippen molar-refractivity contribution in [3.05, 3.63) is 41.5 Å². The maximum atomic E-state index is 12.3. The van der Waals surface area contributed by atoms with Crippen LogP contribution in [0.1, 0.15) is 40.5 Å². The Morgan fingerprint density at radius 1 is 1.38 bits per heavy atom. The van der Waals surface area contributed by atoms with Gasteiger partial charge in [-0.05, 0) is 36.6 Å². The zero-order chi connectivity index (χ0) is 16.9. The lowest BCUT2D eigenvalue weighted by Gasteiger charge is -2.16. The first-order chi connectivity index (χ1) is 11.4. The van der Waals surface area contributed by atoms with E-state index < -0.39 is 10.0 Å². The van der Waals surface area contributed by atoms with Gasteiger partial charge in [-0.15, -0.1) is 0 Å². The first-order valence-electron chi connectivity index (χ1n) is 7.71. The number of rotatable bonds is 4. The van der Waals surface area contributed by atoms with Gasteiger partial charge in [0.05, 0.1) is 17.9 Å². The molecule has 8 nitrogen and oxygen atoms in total. The fourth-order valence-electron chi connectivity index (χ4n) is 2.99. The van der Waals surface area contributed by atoms with Crippen LogP contribution in [-0.4, -0.2) is 48.3 Å².